The SMILES string of the molecule is CCn1c(NCc2ccccc2)nc2nc(N3CCCC(N)C3)n(Cc3ccccc3)c2c1=O. The molecule has 0 radical (unpaired) electrons. The number of aromatic nitrogens is 4. The molecular formula is C26H31N7O. The van der Waals surface area contributed by atoms with E-state index in [4.69, 9.17) is 15.7 Å². The van der Waals surface area contributed by atoms with Crippen molar-refractivity contribution in [3.8, 4) is 0 Å². The van der Waals surface area contributed by atoms with Crippen LogP contribution >= 0.6 is 0 Å². The van der Waals surface area contributed by atoms with Crippen LogP contribution in [0.25, 0.3) is 11.2 Å². The van der Waals surface area contributed by atoms with Crippen molar-refractivity contribution in [1.29, 1.82) is 0 Å². The number of nitrogens with zero attached hydrogens (tertiary/aromatic N) is 5. The van der Waals surface area contributed by atoms with Crippen LogP contribution in [-0.2, 0) is 19.6 Å². The molecule has 8 heteroatoms. The zero-order valence-electron chi connectivity index (χ0n) is 19.5. The Morgan fingerprint density at radius 3 is 2.38 bits per heavy atom. The van der Waals surface area contributed by atoms with E-state index in [0.29, 0.717) is 36.7 Å². The number of anilines is 2. The summed E-state index contributed by atoms with van der Waals surface area (Å²) in [4.78, 5) is 25.7. The molecule has 1 aliphatic rings. The van der Waals surface area contributed by atoms with Crippen LogP contribution in [0.3, 0.4) is 0 Å². The van der Waals surface area contributed by atoms with Gasteiger partial charge in [-0.15, -0.1) is 0 Å². The molecule has 1 fully saturated rings. The molecule has 1 aliphatic heterocycles. The lowest BCUT2D eigenvalue weighted by atomic mass is 10.1. The molecule has 3 N–H and O–H groups in total. The van der Waals surface area contributed by atoms with Crippen LogP contribution in [0.4, 0.5) is 11.9 Å². The number of nitrogens with one attached hydrogen (secondary N) is 1. The maximum Gasteiger partial charge on any atom is 0.281 e. The third kappa shape index (κ3) is 4.41. The molecule has 8 nitrogen and oxygen atoms in total. The summed E-state index contributed by atoms with van der Waals surface area (Å²) in [5, 5.41) is 3.35. The van der Waals surface area contributed by atoms with E-state index in [1.165, 1.54) is 0 Å². The second-order valence-electron chi connectivity index (χ2n) is 8.83. The van der Waals surface area contributed by atoms with Gasteiger partial charge in [-0.25, -0.2) is 0 Å². The molecule has 2 aromatic carbocycles. The minimum atomic E-state index is -0.0842. The maximum absolute atomic E-state index is 13.7. The van der Waals surface area contributed by atoms with E-state index in [2.05, 4.69) is 22.3 Å². The molecule has 0 saturated carbocycles. The number of fused-ring (bicyclic) bond motifs is 1. The molecule has 0 spiro atoms. The highest BCUT2D eigenvalue weighted by Crippen LogP contribution is 2.25. The monoisotopic (exact) mass is 457 g/mol. The van der Waals surface area contributed by atoms with Crippen molar-refractivity contribution >= 4 is 23.1 Å². The van der Waals surface area contributed by atoms with Crippen LogP contribution in [0.5, 0.6) is 0 Å². The van der Waals surface area contributed by atoms with Crippen molar-refractivity contribution < 1.29 is 0 Å². The number of rotatable bonds is 7. The molecule has 2 aromatic heterocycles. The maximum atomic E-state index is 13.7. The number of hydrogen-bond donors (Lipinski definition) is 2. The Bertz CT molecular complexity index is 1310. The fourth-order valence-corrected chi connectivity index (χ4v) is 4.66. The van der Waals surface area contributed by atoms with Crippen molar-refractivity contribution in [1.82, 2.24) is 19.1 Å². The Kier molecular flexibility index (Phi) is 6.31. The number of benzene rings is 2. The average Bonchev–Trinajstić information content (AvgIpc) is 3.22. The van der Waals surface area contributed by atoms with Gasteiger partial charge in [0.25, 0.3) is 5.56 Å². The van der Waals surface area contributed by atoms with Gasteiger partial charge >= 0.3 is 0 Å². The highest BCUT2D eigenvalue weighted by Gasteiger charge is 2.26. The fourth-order valence-electron chi connectivity index (χ4n) is 4.66. The van der Waals surface area contributed by atoms with Gasteiger partial charge in [0.05, 0.1) is 6.54 Å². The highest BCUT2D eigenvalue weighted by atomic mass is 16.1. The highest BCUT2D eigenvalue weighted by molar-refractivity contribution is 5.76. The molecule has 0 aliphatic carbocycles. The van der Waals surface area contributed by atoms with E-state index < -0.39 is 0 Å². The van der Waals surface area contributed by atoms with Crippen molar-refractivity contribution in [3.05, 3.63) is 82.1 Å². The predicted octanol–water partition coefficient (Wildman–Crippen LogP) is 3.20. The third-order valence-electron chi connectivity index (χ3n) is 6.38. The van der Waals surface area contributed by atoms with Crippen LogP contribution in [0.2, 0.25) is 0 Å². The number of hydrogen-bond acceptors (Lipinski definition) is 6. The normalized spacial score (nSPS) is 16.2. The molecule has 1 saturated heterocycles. The molecule has 0 bridgehead atoms. The summed E-state index contributed by atoms with van der Waals surface area (Å²) >= 11 is 0. The summed E-state index contributed by atoms with van der Waals surface area (Å²) in [6.07, 6.45) is 2.01. The molecule has 1 unspecified atom stereocenters. The first-order valence-corrected chi connectivity index (χ1v) is 12.0. The van der Waals surface area contributed by atoms with Gasteiger partial charge in [0.15, 0.2) is 11.2 Å². The summed E-state index contributed by atoms with van der Waals surface area (Å²) in [5.41, 5.74) is 9.43. The van der Waals surface area contributed by atoms with Crippen molar-refractivity contribution in [2.45, 2.75) is 45.4 Å². The predicted molar refractivity (Wildman–Crippen MR) is 136 cm³/mol. The first-order chi connectivity index (χ1) is 16.6. The van der Waals surface area contributed by atoms with Gasteiger partial charge in [0, 0.05) is 32.2 Å². The summed E-state index contributed by atoms with van der Waals surface area (Å²) in [6, 6.07) is 20.3. The summed E-state index contributed by atoms with van der Waals surface area (Å²) in [7, 11) is 0. The van der Waals surface area contributed by atoms with Crippen LogP contribution < -0.4 is 21.5 Å². The van der Waals surface area contributed by atoms with Crippen LogP contribution in [0.15, 0.2) is 65.5 Å². The number of imidazole rings is 1. The van der Waals surface area contributed by atoms with E-state index in [0.717, 1.165) is 43.0 Å². The standard InChI is InChI=1S/C26H31N7O/c1-2-32-24(34)22-23(29-25(32)28-16-19-10-5-3-6-11-19)30-26(31-15-9-14-21(27)18-31)33(22)17-20-12-7-4-8-13-20/h3-8,10-13,21H,2,9,14-18,27H2,1H3,(H,28,29). The summed E-state index contributed by atoms with van der Waals surface area (Å²) < 4.78 is 3.71. The van der Waals surface area contributed by atoms with Gasteiger partial charge in [-0.1, -0.05) is 60.7 Å². The second kappa shape index (κ2) is 9.69. The minimum absolute atomic E-state index is 0.0842. The molecule has 34 heavy (non-hydrogen) atoms. The Morgan fingerprint density at radius 2 is 1.71 bits per heavy atom. The minimum Gasteiger partial charge on any atom is -0.351 e. The topological polar surface area (TPSA) is 94.0 Å². The van der Waals surface area contributed by atoms with Gasteiger partial charge in [-0.2, -0.15) is 9.97 Å². The van der Waals surface area contributed by atoms with Gasteiger partial charge < -0.3 is 16.0 Å². The Hall–Kier alpha value is -3.65. The van der Waals surface area contributed by atoms with Gasteiger partial charge in [0.2, 0.25) is 11.9 Å². The first kappa shape index (κ1) is 22.2. The van der Waals surface area contributed by atoms with Crippen LogP contribution in [0.1, 0.15) is 30.9 Å². The quantitative estimate of drug-likeness (QED) is 0.443. The average molecular weight is 458 g/mol. The van der Waals surface area contributed by atoms with Crippen molar-refractivity contribution in [2.24, 2.45) is 5.73 Å². The molecule has 176 valence electrons. The van der Waals surface area contributed by atoms with Crippen LogP contribution in [-0.4, -0.2) is 38.2 Å². The van der Waals surface area contributed by atoms with E-state index in [-0.39, 0.29) is 11.6 Å². The number of piperidine rings is 1. The van der Waals surface area contributed by atoms with E-state index in [1.807, 2.05) is 60.0 Å². The first-order valence-electron chi connectivity index (χ1n) is 12.0. The summed E-state index contributed by atoms with van der Waals surface area (Å²) in [5.74, 6) is 1.30. The molecular weight excluding hydrogens is 426 g/mol. The summed E-state index contributed by atoms with van der Waals surface area (Å²) in [6.45, 7) is 5.20. The van der Waals surface area contributed by atoms with Gasteiger partial charge in [-0.05, 0) is 30.9 Å². The second-order valence-corrected chi connectivity index (χ2v) is 8.83. The lowest BCUT2D eigenvalue weighted by molar-refractivity contribution is 0.495. The van der Waals surface area contributed by atoms with Crippen LogP contribution in [0, 0.1) is 0 Å². The third-order valence-corrected chi connectivity index (χ3v) is 6.38. The Balaban J connectivity index is 1.61. The Morgan fingerprint density at radius 1 is 1.00 bits per heavy atom. The smallest absolute Gasteiger partial charge is 0.281 e. The molecule has 1 atom stereocenters. The van der Waals surface area contributed by atoms with Gasteiger partial charge in [-0.3, -0.25) is 13.9 Å². The number of nitrogens with two attached hydrogens (primary N) is 1. The zero-order valence-corrected chi connectivity index (χ0v) is 19.5. The largest absolute Gasteiger partial charge is 0.351 e. The molecule has 4 aromatic rings. The van der Waals surface area contributed by atoms with E-state index >= 15 is 0 Å². The van der Waals surface area contributed by atoms with E-state index in [9.17, 15) is 4.79 Å². The lowest BCUT2D eigenvalue weighted by Gasteiger charge is -2.31. The molecule has 0 amide bonds. The van der Waals surface area contributed by atoms with Crippen molar-refractivity contribution in [3.63, 3.8) is 0 Å². The fraction of sp³-hybridized carbons (Fsp3) is 0.346. The zero-order chi connectivity index (χ0) is 23.5. The Labute approximate surface area is 199 Å². The van der Waals surface area contributed by atoms with E-state index in [1.54, 1.807) is 4.57 Å². The molecule has 5 rings (SSSR count). The van der Waals surface area contributed by atoms with Gasteiger partial charge in [0.1, 0.15) is 0 Å². The van der Waals surface area contributed by atoms with Crippen molar-refractivity contribution in [2.75, 3.05) is 23.3 Å². The lowest BCUT2D eigenvalue weighted by Crippen LogP contribution is -2.44. The molecule has 3 heterocycles.